The van der Waals surface area contributed by atoms with E-state index < -0.39 is 0 Å². The number of aromatic hydroxyl groups is 1. The summed E-state index contributed by atoms with van der Waals surface area (Å²) in [6, 6.07) is 24.4. The molecule has 0 aliphatic heterocycles. The number of ether oxygens (including phenoxy) is 1. The second-order valence-electron chi connectivity index (χ2n) is 6.34. The van der Waals surface area contributed by atoms with Gasteiger partial charge in [-0.05, 0) is 53.9 Å². The van der Waals surface area contributed by atoms with Gasteiger partial charge in [0.1, 0.15) is 11.5 Å². The van der Waals surface area contributed by atoms with Crippen LogP contribution in [0.25, 0.3) is 0 Å². The lowest BCUT2D eigenvalue weighted by molar-refractivity contribution is -0.123. The number of hydrazone groups is 1. The average molecular weight is 374 g/mol. The van der Waals surface area contributed by atoms with Crippen molar-refractivity contribution >= 4 is 11.6 Å². The number of nitrogens with one attached hydrogen (secondary N) is 1. The van der Waals surface area contributed by atoms with E-state index in [2.05, 4.69) is 22.7 Å². The SMILES string of the molecule is C/C(=N\NC(=O)COc1ccccc1Cc1ccccc1)c1ccc(O)cc1. The monoisotopic (exact) mass is 374 g/mol. The van der Waals surface area contributed by atoms with Crippen LogP contribution >= 0.6 is 0 Å². The third-order valence-corrected chi connectivity index (χ3v) is 4.20. The highest BCUT2D eigenvalue weighted by Crippen LogP contribution is 2.21. The van der Waals surface area contributed by atoms with E-state index in [1.54, 1.807) is 31.2 Å². The molecule has 3 aromatic carbocycles. The number of benzene rings is 3. The Labute approximate surface area is 164 Å². The molecule has 28 heavy (non-hydrogen) atoms. The van der Waals surface area contributed by atoms with E-state index in [1.807, 2.05) is 42.5 Å². The van der Waals surface area contributed by atoms with Gasteiger partial charge in [0, 0.05) is 6.42 Å². The Balaban J connectivity index is 1.57. The number of carbonyl (C=O) groups is 1. The maximum atomic E-state index is 12.1. The molecule has 0 saturated carbocycles. The highest BCUT2D eigenvalue weighted by Gasteiger charge is 2.07. The number of hydrogen-bond donors (Lipinski definition) is 2. The number of hydrogen-bond acceptors (Lipinski definition) is 4. The fraction of sp³-hybridized carbons (Fsp3) is 0.130. The van der Waals surface area contributed by atoms with Gasteiger partial charge in [0.15, 0.2) is 6.61 Å². The lowest BCUT2D eigenvalue weighted by atomic mass is 10.0. The predicted octanol–water partition coefficient (Wildman–Crippen LogP) is 3.90. The summed E-state index contributed by atoms with van der Waals surface area (Å²) >= 11 is 0. The van der Waals surface area contributed by atoms with E-state index >= 15 is 0 Å². The summed E-state index contributed by atoms with van der Waals surface area (Å²) in [6.45, 7) is 1.65. The number of nitrogens with zero attached hydrogens (tertiary/aromatic N) is 1. The summed E-state index contributed by atoms with van der Waals surface area (Å²) in [5.41, 5.74) is 6.14. The molecule has 0 spiro atoms. The first-order chi connectivity index (χ1) is 13.6. The summed E-state index contributed by atoms with van der Waals surface area (Å²) in [5, 5.41) is 13.4. The van der Waals surface area contributed by atoms with Crippen molar-refractivity contribution in [2.24, 2.45) is 5.10 Å². The minimum absolute atomic E-state index is 0.127. The molecule has 0 aliphatic rings. The smallest absolute Gasteiger partial charge is 0.277 e. The summed E-state index contributed by atoms with van der Waals surface area (Å²) in [5.74, 6) is 0.525. The third kappa shape index (κ3) is 5.45. The number of phenolic OH excluding ortho intramolecular Hbond substituents is 1. The molecule has 0 unspecified atom stereocenters. The van der Waals surface area contributed by atoms with Gasteiger partial charge in [-0.1, -0.05) is 48.5 Å². The third-order valence-electron chi connectivity index (χ3n) is 4.20. The lowest BCUT2D eigenvalue weighted by Crippen LogP contribution is -2.25. The summed E-state index contributed by atoms with van der Waals surface area (Å²) in [7, 11) is 0. The number of para-hydroxylation sites is 1. The molecule has 0 heterocycles. The van der Waals surface area contributed by atoms with Crippen molar-refractivity contribution in [3.05, 3.63) is 95.6 Å². The van der Waals surface area contributed by atoms with Crippen LogP contribution in [0.1, 0.15) is 23.6 Å². The van der Waals surface area contributed by atoms with Crippen LogP contribution in [0.3, 0.4) is 0 Å². The second kappa shape index (κ2) is 9.37. The van der Waals surface area contributed by atoms with Gasteiger partial charge in [-0.3, -0.25) is 4.79 Å². The highest BCUT2D eigenvalue weighted by atomic mass is 16.5. The van der Waals surface area contributed by atoms with Crippen LogP contribution in [-0.4, -0.2) is 23.3 Å². The molecular weight excluding hydrogens is 352 g/mol. The molecule has 0 fully saturated rings. The van der Waals surface area contributed by atoms with Crippen molar-refractivity contribution in [1.29, 1.82) is 0 Å². The van der Waals surface area contributed by atoms with Crippen molar-refractivity contribution in [3.8, 4) is 11.5 Å². The Hall–Kier alpha value is -3.60. The number of phenols is 1. The molecule has 5 nitrogen and oxygen atoms in total. The van der Waals surface area contributed by atoms with Gasteiger partial charge in [0.2, 0.25) is 0 Å². The normalized spacial score (nSPS) is 11.1. The molecule has 1 amide bonds. The Morgan fingerprint density at radius 2 is 1.64 bits per heavy atom. The first-order valence-electron chi connectivity index (χ1n) is 8.99. The first kappa shape index (κ1) is 19.2. The van der Waals surface area contributed by atoms with Gasteiger partial charge < -0.3 is 9.84 Å². The number of carbonyl (C=O) groups excluding carboxylic acids is 1. The standard InChI is InChI=1S/C23H22N2O3/c1-17(19-11-13-21(26)14-12-19)24-25-23(27)16-28-22-10-6-5-9-20(22)15-18-7-3-2-4-8-18/h2-14,26H,15-16H2,1H3,(H,25,27)/b24-17+. The Kier molecular flexibility index (Phi) is 6.41. The minimum Gasteiger partial charge on any atom is -0.508 e. The van der Waals surface area contributed by atoms with E-state index in [0.29, 0.717) is 11.5 Å². The van der Waals surface area contributed by atoms with Crippen molar-refractivity contribution in [2.75, 3.05) is 6.61 Å². The Morgan fingerprint density at radius 3 is 2.39 bits per heavy atom. The number of amides is 1. The zero-order chi connectivity index (χ0) is 19.8. The topological polar surface area (TPSA) is 70.9 Å². The quantitative estimate of drug-likeness (QED) is 0.487. The minimum atomic E-state index is -0.340. The highest BCUT2D eigenvalue weighted by molar-refractivity contribution is 5.99. The first-order valence-corrected chi connectivity index (χ1v) is 8.99. The average Bonchev–Trinajstić information content (AvgIpc) is 2.72. The fourth-order valence-corrected chi connectivity index (χ4v) is 2.70. The molecule has 0 atom stereocenters. The molecule has 142 valence electrons. The van der Waals surface area contributed by atoms with Crippen molar-refractivity contribution in [3.63, 3.8) is 0 Å². The van der Waals surface area contributed by atoms with E-state index in [4.69, 9.17) is 4.74 Å². The largest absolute Gasteiger partial charge is 0.508 e. The lowest BCUT2D eigenvalue weighted by Gasteiger charge is -2.11. The van der Waals surface area contributed by atoms with E-state index in [0.717, 1.165) is 17.5 Å². The molecule has 0 radical (unpaired) electrons. The molecule has 3 rings (SSSR count). The van der Waals surface area contributed by atoms with E-state index in [9.17, 15) is 9.90 Å². The molecule has 0 aromatic heterocycles. The maximum Gasteiger partial charge on any atom is 0.277 e. The second-order valence-corrected chi connectivity index (χ2v) is 6.34. The molecule has 0 saturated heterocycles. The molecule has 3 aromatic rings. The van der Waals surface area contributed by atoms with Gasteiger partial charge in [0.25, 0.3) is 5.91 Å². The molecular formula is C23H22N2O3. The molecule has 0 aliphatic carbocycles. The van der Waals surface area contributed by atoms with E-state index in [1.165, 1.54) is 5.56 Å². The van der Waals surface area contributed by atoms with E-state index in [-0.39, 0.29) is 18.3 Å². The van der Waals surface area contributed by atoms with Crippen LogP contribution in [0.5, 0.6) is 11.5 Å². The van der Waals surface area contributed by atoms with Crippen molar-refractivity contribution < 1.29 is 14.6 Å². The van der Waals surface area contributed by atoms with Crippen molar-refractivity contribution in [2.45, 2.75) is 13.3 Å². The van der Waals surface area contributed by atoms with Gasteiger partial charge in [-0.2, -0.15) is 5.10 Å². The molecule has 5 heteroatoms. The summed E-state index contributed by atoms with van der Waals surface area (Å²) < 4.78 is 5.71. The van der Waals surface area contributed by atoms with Crippen molar-refractivity contribution in [1.82, 2.24) is 5.43 Å². The molecule has 0 bridgehead atoms. The van der Waals surface area contributed by atoms with Gasteiger partial charge in [-0.25, -0.2) is 5.43 Å². The van der Waals surface area contributed by atoms with Gasteiger partial charge >= 0.3 is 0 Å². The van der Waals surface area contributed by atoms with Gasteiger partial charge in [0.05, 0.1) is 5.71 Å². The molecule has 2 N–H and O–H groups in total. The Morgan fingerprint density at radius 1 is 0.964 bits per heavy atom. The zero-order valence-electron chi connectivity index (χ0n) is 15.6. The van der Waals surface area contributed by atoms with Crippen LogP contribution in [0.2, 0.25) is 0 Å². The van der Waals surface area contributed by atoms with Gasteiger partial charge in [-0.15, -0.1) is 0 Å². The maximum absolute atomic E-state index is 12.1. The van der Waals surface area contributed by atoms with Crippen LogP contribution < -0.4 is 10.2 Å². The predicted molar refractivity (Wildman–Crippen MR) is 110 cm³/mol. The fourth-order valence-electron chi connectivity index (χ4n) is 2.70. The van der Waals surface area contributed by atoms with Crippen LogP contribution in [0.15, 0.2) is 84.0 Å². The number of rotatable bonds is 7. The van der Waals surface area contributed by atoms with Crippen LogP contribution in [-0.2, 0) is 11.2 Å². The van der Waals surface area contributed by atoms with Crippen LogP contribution in [0, 0.1) is 0 Å². The summed E-state index contributed by atoms with van der Waals surface area (Å²) in [6.07, 6.45) is 0.733. The zero-order valence-corrected chi connectivity index (χ0v) is 15.6. The summed E-state index contributed by atoms with van der Waals surface area (Å²) in [4.78, 5) is 12.1. The van der Waals surface area contributed by atoms with Crippen LogP contribution in [0.4, 0.5) is 0 Å². The Bertz CT molecular complexity index is 951.